The second-order valence-electron chi connectivity index (χ2n) is 4.46. The van der Waals surface area contributed by atoms with Crippen LogP contribution in [0.1, 0.15) is 25.8 Å². The molecule has 0 spiro atoms. The Morgan fingerprint density at radius 3 is 2.84 bits per heavy atom. The molecule has 0 fully saturated rings. The quantitative estimate of drug-likeness (QED) is 0.896. The van der Waals surface area contributed by atoms with Crippen LogP contribution in [-0.4, -0.2) is 26.3 Å². The van der Waals surface area contributed by atoms with E-state index in [1.54, 1.807) is 0 Å². The Morgan fingerprint density at radius 2 is 2.11 bits per heavy atom. The van der Waals surface area contributed by atoms with Crippen molar-refractivity contribution in [3.63, 3.8) is 0 Å². The fourth-order valence-electron chi connectivity index (χ4n) is 2.01. The van der Waals surface area contributed by atoms with Crippen molar-refractivity contribution in [2.75, 3.05) is 26.3 Å². The number of halogens is 1. The van der Waals surface area contributed by atoms with Gasteiger partial charge in [0.05, 0.1) is 4.47 Å². The van der Waals surface area contributed by atoms with Crippen molar-refractivity contribution in [2.24, 2.45) is 0 Å². The molecule has 1 heterocycles. The van der Waals surface area contributed by atoms with Crippen LogP contribution in [0, 0.1) is 0 Å². The molecule has 0 aromatic heterocycles. The molecule has 0 saturated heterocycles. The molecule has 0 amide bonds. The third-order valence-corrected chi connectivity index (χ3v) is 3.64. The molecule has 4 heteroatoms. The number of fused-ring (bicyclic) bond motifs is 1. The molecular formula is C15H20BrNO2. The van der Waals surface area contributed by atoms with Gasteiger partial charge in [-0.1, -0.05) is 25.5 Å². The highest BCUT2D eigenvalue weighted by atomic mass is 79.9. The number of ether oxygens (including phenoxy) is 2. The maximum atomic E-state index is 5.64. The lowest BCUT2D eigenvalue weighted by atomic mass is 10.1. The molecule has 1 aromatic carbocycles. The zero-order valence-electron chi connectivity index (χ0n) is 11.5. The minimum absolute atomic E-state index is 0.613. The van der Waals surface area contributed by atoms with E-state index in [-0.39, 0.29) is 0 Å². The van der Waals surface area contributed by atoms with Crippen molar-refractivity contribution in [2.45, 2.75) is 20.3 Å². The van der Waals surface area contributed by atoms with Gasteiger partial charge >= 0.3 is 0 Å². The molecule has 104 valence electrons. The first kappa shape index (κ1) is 14.4. The van der Waals surface area contributed by atoms with Gasteiger partial charge in [0.15, 0.2) is 11.5 Å². The van der Waals surface area contributed by atoms with E-state index in [2.05, 4.69) is 47.2 Å². The third-order valence-electron chi connectivity index (χ3n) is 3.05. The number of rotatable bonds is 5. The van der Waals surface area contributed by atoms with Crippen molar-refractivity contribution in [1.29, 1.82) is 0 Å². The van der Waals surface area contributed by atoms with Crippen LogP contribution in [0.2, 0.25) is 0 Å². The lowest BCUT2D eigenvalue weighted by Crippen LogP contribution is -2.16. The first-order valence-corrected chi connectivity index (χ1v) is 7.53. The third kappa shape index (κ3) is 3.74. The highest BCUT2D eigenvalue weighted by Crippen LogP contribution is 2.39. The normalized spacial score (nSPS) is 14.6. The van der Waals surface area contributed by atoms with Crippen molar-refractivity contribution >= 4 is 22.0 Å². The van der Waals surface area contributed by atoms with Crippen LogP contribution in [0.3, 0.4) is 0 Å². The standard InChI is InChI=1S/C15H20BrNO2/c1-3-11(10-17-4-2)7-12-8-13(16)15-14(9-12)18-5-6-19-15/h7-9,17H,3-6,10H2,1-2H3. The van der Waals surface area contributed by atoms with E-state index >= 15 is 0 Å². The highest BCUT2D eigenvalue weighted by Gasteiger charge is 2.15. The summed E-state index contributed by atoms with van der Waals surface area (Å²) in [6, 6.07) is 4.12. The van der Waals surface area contributed by atoms with Crippen LogP contribution in [0.15, 0.2) is 22.2 Å². The monoisotopic (exact) mass is 325 g/mol. The first-order chi connectivity index (χ1) is 9.24. The largest absolute Gasteiger partial charge is 0.486 e. The van der Waals surface area contributed by atoms with Crippen LogP contribution in [-0.2, 0) is 0 Å². The maximum Gasteiger partial charge on any atom is 0.175 e. The molecular weight excluding hydrogens is 306 g/mol. The molecule has 1 aliphatic heterocycles. The van der Waals surface area contributed by atoms with Crippen molar-refractivity contribution in [3.8, 4) is 11.5 Å². The smallest absolute Gasteiger partial charge is 0.175 e. The highest BCUT2D eigenvalue weighted by molar-refractivity contribution is 9.10. The summed E-state index contributed by atoms with van der Waals surface area (Å²) >= 11 is 3.55. The molecule has 3 nitrogen and oxygen atoms in total. The van der Waals surface area contributed by atoms with Crippen LogP contribution >= 0.6 is 15.9 Å². The molecule has 0 atom stereocenters. The summed E-state index contributed by atoms with van der Waals surface area (Å²) in [4.78, 5) is 0. The van der Waals surface area contributed by atoms with Gasteiger partial charge in [0.25, 0.3) is 0 Å². The van der Waals surface area contributed by atoms with Crippen molar-refractivity contribution in [1.82, 2.24) is 5.32 Å². The van der Waals surface area contributed by atoms with Gasteiger partial charge in [-0.2, -0.15) is 0 Å². The van der Waals surface area contributed by atoms with E-state index in [0.29, 0.717) is 13.2 Å². The average molecular weight is 326 g/mol. The van der Waals surface area contributed by atoms with Gasteiger partial charge in [0.1, 0.15) is 13.2 Å². The van der Waals surface area contributed by atoms with Gasteiger partial charge in [-0.15, -0.1) is 0 Å². The molecule has 19 heavy (non-hydrogen) atoms. The van der Waals surface area contributed by atoms with E-state index in [1.165, 1.54) is 5.57 Å². The number of benzene rings is 1. The van der Waals surface area contributed by atoms with E-state index < -0.39 is 0 Å². The second-order valence-corrected chi connectivity index (χ2v) is 5.32. The van der Waals surface area contributed by atoms with Gasteiger partial charge in [-0.05, 0) is 46.6 Å². The predicted octanol–water partition coefficient (Wildman–Crippen LogP) is 3.62. The molecule has 0 bridgehead atoms. The lowest BCUT2D eigenvalue weighted by molar-refractivity contribution is 0.170. The van der Waals surface area contributed by atoms with E-state index in [0.717, 1.165) is 41.0 Å². The fraction of sp³-hybridized carbons (Fsp3) is 0.467. The molecule has 2 rings (SSSR count). The SMILES string of the molecule is CCNCC(=Cc1cc(Br)c2c(c1)OCCO2)CC. The van der Waals surface area contributed by atoms with Gasteiger partial charge < -0.3 is 14.8 Å². The Kier molecular flexibility index (Phi) is 5.28. The Balaban J connectivity index is 2.24. The summed E-state index contributed by atoms with van der Waals surface area (Å²) in [6.45, 7) is 7.44. The minimum atomic E-state index is 0.613. The summed E-state index contributed by atoms with van der Waals surface area (Å²) in [5, 5.41) is 3.36. The van der Waals surface area contributed by atoms with Crippen LogP contribution in [0.5, 0.6) is 11.5 Å². The summed E-state index contributed by atoms with van der Waals surface area (Å²) in [6.07, 6.45) is 3.25. The van der Waals surface area contributed by atoms with E-state index in [4.69, 9.17) is 9.47 Å². The molecule has 0 saturated carbocycles. The van der Waals surface area contributed by atoms with Crippen LogP contribution in [0.25, 0.3) is 6.08 Å². The van der Waals surface area contributed by atoms with Gasteiger partial charge in [0.2, 0.25) is 0 Å². The van der Waals surface area contributed by atoms with E-state index in [1.807, 2.05) is 6.07 Å². The Labute approximate surface area is 123 Å². The Bertz CT molecular complexity index is 471. The minimum Gasteiger partial charge on any atom is -0.486 e. The molecule has 0 aliphatic carbocycles. The van der Waals surface area contributed by atoms with Crippen molar-refractivity contribution in [3.05, 3.63) is 27.7 Å². The van der Waals surface area contributed by atoms with E-state index in [9.17, 15) is 0 Å². The topological polar surface area (TPSA) is 30.5 Å². The molecule has 1 aromatic rings. The van der Waals surface area contributed by atoms with Crippen LogP contribution in [0.4, 0.5) is 0 Å². The van der Waals surface area contributed by atoms with Crippen molar-refractivity contribution < 1.29 is 9.47 Å². The first-order valence-electron chi connectivity index (χ1n) is 6.74. The molecule has 1 N–H and O–H groups in total. The number of likely N-dealkylation sites (N-methyl/N-ethyl adjacent to an activating group) is 1. The number of nitrogens with one attached hydrogen (secondary N) is 1. The Hall–Kier alpha value is -1.00. The van der Waals surface area contributed by atoms with Crippen LogP contribution < -0.4 is 14.8 Å². The Morgan fingerprint density at radius 1 is 1.32 bits per heavy atom. The predicted molar refractivity (Wildman–Crippen MR) is 81.9 cm³/mol. The number of hydrogen-bond acceptors (Lipinski definition) is 3. The second kappa shape index (κ2) is 6.96. The summed E-state index contributed by atoms with van der Waals surface area (Å²) in [7, 11) is 0. The van der Waals surface area contributed by atoms with Gasteiger partial charge in [-0.3, -0.25) is 0 Å². The summed E-state index contributed by atoms with van der Waals surface area (Å²) in [5.74, 6) is 1.64. The molecule has 0 radical (unpaired) electrons. The molecule has 1 aliphatic rings. The average Bonchev–Trinajstić information content (AvgIpc) is 2.43. The zero-order chi connectivity index (χ0) is 13.7. The van der Waals surface area contributed by atoms with Gasteiger partial charge in [-0.25, -0.2) is 0 Å². The summed E-state index contributed by atoms with van der Waals surface area (Å²) in [5.41, 5.74) is 2.52. The zero-order valence-corrected chi connectivity index (χ0v) is 13.0. The lowest BCUT2D eigenvalue weighted by Gasteiger charge is -2.20. The maximum absolute atomic E-state index is 5.64. The molecule has 0 unspecified atom stereocenters. The number of hydrogen-bond donors (Lipinski definition) is 1. The van der Waals surface area contributed by atoms with Gasteiger partial charge in [0, 0.05) is 6.54 Å². The fourth-order valence-corrected chi connectivity index (χ4v) is 2.59. The summed E-state index contributed by atoms with van der Waals surface area (Å²) < 4.78 is 12.2.